The number of nitrogens with zero attached hydrogens (tertiary/aromatic N) is 4. The molecule has 0 aliphatic carbocycles. The minimum Gasteiger partial charge on any atom is -0.459 e. The zero-order valence-corrected chi connectivity index (χ0v) is 19.8. The Morgan fingerprint density at radius 1 is 1.16 bits per heavy atom. The molecule has 5 heterocycles. The molecule has 3 aliphatic heterocycles. The minimum atomic E-state index is -0.633. The Hall–Kier alpha value is -4.29. The second-order valence-corrected chi connectivity index (χ2v) is 9.53. The third-order valence-corrected chi connectivity index (χ3v) is 7.27. The minimum absolute atomic E-state index is 0.0437. The number of terminal acetylenes is 1. The summed E-state index contributed by atoms with van der Waals surface area (Å²) in [6.07, 6.45) is 10.8. The van der Waals surface area contributed by atoms with E-state index >= 15 is 4.39 Å². The first-order chi connectivity index (χ1) is 18.1. The van der Waals surface area contributed by atoms with Crippen molar-refractivity contribution in [1.82, 2.24) is 25.6 Å². The molecule has 7 nitrogen and oxygen atoms in total. The number of halogens is 2. The lowest BCUT2D eigenvalue weighted by Crippen LogP contribution is -2.33. The fraction of sp³-hybridized carbons (Fsp3) is 0.250. The molecule has 3 aliphatic rings. The van der Waals surface area contributed by atoms with Gasteiger partial charge in [-0.3, -0.25) is 4.98 Å². The summed E-state index contributed by atoms with van der Waals surface area (Å²) >= 11 is 0. The number of anilines is 1. The Morgan fingerprint density at radius 2 is 2.08 bits per heavy atom. The highest BCUT2D eigenvalue weighted by Crippen LogP contribution is 2.39. The number of rotatable bonds is 4. The van der Waals surface area contributed by atoms with Crippen LogP contribution in [0.25, 0.3) is 32.9 Å². The van der Waals surface area contributed by atoms with Crippen LogP contribution in [0, 0.1) is 24.0 Å². The lowest BCUT2D eigenvalue weighted by atomic mass is 9.96. The van der Waals surface area contributed by atoms with Crippen molar-refractivity contribution in [2.75, 3.05) is 24.5 Å². The van der Waals surface area contributed by atoms with Gasteiger partial charge in [-0.1, -0.05) is 30.2 Å². The van der Waals surface area contributed by atoms with Crippen LogP contribution in [0.2, 0.25) is 0 Å². The molecule has 2 unspecified atom stereocenters. The van der Waals surface area contributed by atoms with Gasteiger partial charge in [0, 0.05) is 54.6 Å². The molecule has 2 aromatic carbocycles. The Bertz CT molecular complexity index is 1660. The normalized spacial score (nSPS) is 20.4. The van der Waals surface area contributed by atoms with Crippen LogP contribution in [0.3, 0.4) is 0 Å². The van der Waals surface area contributed by atoms with E-state index in [1.807, 2.05) is 12.3 Å². The van der Waals surface area contributed by atoms with Gasteiger partial charge in [-0.25, -0.2) is 8.78 Å². The van der Waals surface area contributed by atoms with E-state index in [-0.39, 0.29) is 34.9 Å². The van der Waals surface area contributed by atoms with Crippen molar-refractivity contribution in [3.63, 3.8) is 0 Å². The predicted octanol–water partition coefficient (Wildman–Crippen LogP) is 3.87. The first-order valence-electron chi connectivity index (χ1n) is 12.2. The van der Waals surface area contributed by atoms with Gasteiger partial charge in [-0.2, -0.15) is 9.97 Å². The summed E-state index contributed by atoms with van der Waals surface area (Å²) in [6.45, 7) is 2.23. The van der Waals surface area contributed by atoms with E-state index in [1.165, 1.54) is 6.07 Å². The van der Waals surface area contributed by atoms with Gasteiger partial charge < -0.3 is 20.3 Å². The first-order valence-corrected chi connectivity index (χ1v) is 12.2. The van der Waals surface area contributed by atoms with E-state index in [0.29, 0.717) is 40.6 Å². The topological polar surface area (TPSA) is 75.2 Å². The third kappa shape index (κ3) is 3.48. The molecule has 2 N–H and O–H groups in total. The molecule has 37 heavy (non-hydrogen) atoms. The molecule has 0 amide bonds. The highest BCUT2D eigenvalue weighted by atomic mass is 19.1. The van der Waals surface area contributed by atoms with Crippen LogP contribution < -0.4 is 20.3 Å². The highest BCUT2D eigenvalue weighted by Gasteiger charge is 2.34. The molecule has 184 valence electrons. The van der Waals surface area contributed by atoms with Gasteiger partial charge in [0.25, 0.3) is 0 Å². The largest absolute Gasteiger partial charge is 0.459 e. The lowest BCUT2D eigenvalue weighted by Gasteiger charge is -2.24. The van der Waals surface area contributed by atoms with Crippen molar-refractivity contribution in [3.05, 3.63) is 65.6 Å². The summed E-state index contributed by atoms with van der Waals surface area (Å²) in [6, 6.07) is 8.63. The Balaban J connectivity index is 1.45. The second-order valence-electron chi connectivity index (χ2n) is 9.53. The van der Waals surface area contributed by atoms with Crippen LogP contribution in [-0.2, 0) is 0 Å². The number of pyridine rings is 1. The standard InChI is InChI=1S/C28H22F2N6O/c1-2-19-22(29)7-6-15-4-3-5-20(23(15)19)25-24(30)26-21(13-33-25)27(36-14-16-10-17(36)11-32-16)35-28(34-26)37-18-8-9-31-12-18/h1,3-7,11,13,16,18,31-32H,8-10,12,14H2. The van der Waals surface area contributed by atoms with E-state index < -0.39 is 11.6 Å². The molecule has 4 aromatic rings. The van der Waals surface area contributed by atoms with E-state index in [4.69, 9.17) is 16.1 Å². The van der Waals surface area contributed by atoms with Gasteiger partial charge in [0.15, 0.2) is 5.82 Å². The quantitative estimate of drug-likeness (QED) is 0.416. The number of nitrogens with one attached hydrogen (secondary N) is 2. The van der Waals surface area contributed by atoms with Crippen molar-refractivity contribution in [2.24, 2.45) is 0 Å². The average molecular weight is 497 g/mol. The van der Waals surface area contributed by atoms with Crippen molar-refractivity contribution in [3.8, 4) is 29.6 Å². The fourth-order valence-corrected chi connectivity index (χ4v) is 5.49. The smallest absolute Gasteiger partial charge is 0.319 e. The predicted molar refractivity (Wildman–Crippen MR) is 137 cm³/mol. The fourth-order valence-electron chi connectivity index (χ4n) is 5.49. The molecule has 7 rings (SSSR count). The summed E-state index contributed by atoms with van der Waals surface area (Å²) in [5.41, 5.74) is 1.69. The van der Waals surface area contributed by atoms with Gasteiger partial charge in [-0.15, -0.1) is 6.42 Å². The van der Waals surface area contributed by atoms with Crippen molar-refractivity contribution >= 4 is 27.5 Å². The Morgan fingerprint density at radius 3 is 2.84 bits per heavy atom. The van der Waals surface area contributed by atoms with Gasteiger partial charge in [0.05, 0.1) is 10.9 Å². The molecule has 0 saturated carbocycles. The SMILES string of the molecule is C#Cc1c(F)ccc2cccc(-c3ncc4c(N5CC6CC5=CN6)nc(OC5CCNC5)nc4c3F)c12. The molecule has 2 bridgehead atoms. The third-order valence-electron chi connectivity index (χ3n) is 7.27. The van der Waals surface area contributed by atoms with Gasteiger partial charge in [-0.05, 0) is 24.4 Å². The van der Waals surface area contributed by atoms with Crippen LogP contribution >= 0.6 is 0 Å². The van der Waals surface area contributed by atoms with Gasteiger partial charge in [0.1, 0.15) is 28.9 Å². The monoisotopic (exact) mass is 496 g/mol. The number of benzene rings is 2. The zero-order valence-electron chi connectivity index (χ0n) is 19.8. The van der Waals surface area contributed by atoms with Crippen LogP contribution in [0.4, 0.5) is 14.6 Å². The van der Waals surface area contributed by atoms with E-state index in [0.717, 1.165) is 25.1 Å². The Kier molecular flexibility index (Phi) is 4.98. The molecule has 2 fully saturated rings. The van der Waals surface area contributed by atoms with E-state index in [1.54, 1.807) is 24.4 Å². The number of ether oxygens (including phenoxy) is 1. The lowest BCUT2D eigenvalue weighted by molar-refractivity contribution is 0.205. The van der Waals surface area contributed by atoms with Gasteiger partial charge in [0.2, 0.25) is 0 Å². The first kappa shape index (κ1) is 21.9. The van der Waals surface area contributed by atoms with Crippen LogP contribution in [-0.4, -0.2) is 46.7 Å². The molecular weight excluding hydrogens is 474 g/mol. The molecular formula is C28H22F2N6O. The van der Waals surface area contributed by atoms with Crippen molar-refractivity contribution in [2.45, 2.75) is 25.0 Å². The van der Waals surface area contributed by atoms with Crippen LogP contribution in [0.5, 0.6) is 6.01 Å². The highest BCUT2D eigenvalue weighted by molar-refractivity contribution is 6.02. The molecule has 2 atom stereocenters. The molecule has 9 heteroatoms. The number of fused-ring (bicyclic) bond motifs is 4. The number of hydrogen-bond donors (Lipinski definition) is 2. The van der Waals surface area contributed by atoms with Crippen molar-refractivity contribution in [1.29, 1.82) is 0 Å². The molecule has 0 spiro atoms. The zero-order chi connectivity index (χ0) is 25.1. The second kappa shape index (κ2) is 8.39. The summed E-state index contributed by atoms with van der Waals surface area (Å²) < 4.78 is 37.0. The maximum absolute atomic E-state index is 16.4. The maximum atomic E-state index is 16.4. The Labute approximate surface area is 211 Å². The summed E-state index contributed by atoms with van der Waals surface area (Å²) in [7, 11) is 0. The van der Waals surface area contributed by atoms with Crippen LogP contribution in [0.15, 0.2) is 48.4 Å². The van der Waals surface area contributed by atoms with E-state index in [9.17, 15) is 4.39 Å². The number of hydrogen-bond acceptors (Lipinski definition) is 7. The summed E-state index contributed by atoms with van der Waals surface area (Å²) in [5.74, 6) is 1.81. The number of aromatic nitrogens is 3. The van der Waals surface area contributed by atoms with Crippen molar-refractivity contribution < 1.29 is 13.5 Å². The molecule has 2 aromatic heterocycles. The average Bonchev–Trinajstić information content (AvgIpc) is 3.68. The van der Waals surface area contributed by atoms with Crippen LogP contribution in [0.1, 0.15) is 18.4 Å². The molecule has 0 radical (unpaired) electrons. The summed E-state index contributed by atoms with van der Waals surface area (Å²) in [5, 5.41) is 8.20. The summed E-state index contributed by atoms with van der Waals surface area (Å²) in [4.78, 5) is 15.8. The molecule has 2 saturated heterocycles. The maximum Gasteiger partial charge on any atom is 0.319 e. The van der Waals surface area contributed by atoms with Gasteiger partial charge >= 0.3 is 6.01 Å². The van der Waals surface area contributed by atoms with E-state index in [2.05, 4.69) is 31.4 Å².